The van der Waals surface area contributed by atoms with Crippen molar-refractivity contribution < 1.29 is 19.3 Å². The molecule has 7 nitrogen and oxygen atoms in total. The molecule has 7 heteroatoms. The summed E-state index contributed by atoms with van der Waals surface area (Å²) < 4.78 is 19.3. The van der Waals surface area contributed by atoms with Gasteiger partial charge in [0.2, 0.25) is 5.75 Å². The molecule has 0 radical (unpaired) electrons. The van der Waals surface area contributed by atoms with Crippen LogP contribution < -0.4 is 14.2 Å². The van der Waals surface area contributed by atoms with Gasteiger partial charge < -0.3 is 19.3 Å². The van der Waals surface area contributed by atoms with Crippen molar-refractivity contribution in [2.45, 2.75) is 32.1 Å². The van der Waals surface area contributed by atoms with Crippen LogP contribution in [0.1, 0.15) is 17.8 Å². The number of aliphatic hydroxyl groups excluding tert-OH is 1. The molecule has 0 unspecified atom stereocenters. The molecule has 2 aliphatic rings. The van der Waals surface area contributed by atoms with Crippen LogP contribution in [0.3, 0.4) is 0 Å². The molecule has 2 atom stereocenters. The van der Waals surface area contributed by atoms with Crippen LogP contribution in [-0.2, 0) is 13.6 Å². The summed E-state index contributed by atoms with van der Waals surface area (Å²) in [7, 11) is 1.95. The predicted molar refractivity (Wildman–Crippen MR) is 95.7 cm³/mol. The molecule has 0 spiro atoms. The van der Waals surface area contributed by atoms with Gasteiger partial charge in [0.05, 0.1) is 11.4 Å². The third-order valence-corrected chi connectivity index (χ3v) is 4.90. The van der Waals surface area contributed by atoms with Gasteiger partial charge in [-0.1, -0.05) is 6.07 Å². The van der Waals surface area contributed by atoms with Crippen LogP contribution in [0.5, 0.6) is 17.2 Å². The maximum atomic E-state index is 10.6. The molecule has 140 valence electrons. The minimum atomic E-state index is -0.557. The number of hydrogen-bond acceptors (Lipinski definition) is 6. The third kappa shape index (κ3) is 3.50. The van der Waals surface area contributed by atoms with Crippen molar-refractivity contribution >= 4 is 0 Å². The fourth-order valence-electron chi connectivity index (χ4n) is 3.60. The largest absolute Gasteiger partial charge is 0.486 e. The van der Waals surface area contributed by atoms with Crippen molar-refractivity contribution in [2.75, 3.05) is 26.3 Å². The first-order valence-corrected chi connectivity index (χ1v) is 9.05. The lowest BCUT2D eigenvalue weighted by atomic mass is 10.0. The number of likely N-dealkylation sites (tertiary alicyclic amines) is 1. The Morgan fingerprint density at radius 3 is 2.92 bits per heavy atom. The van der Waals surface area contributed by atoms with E-state index in [1.165, 1.54) is 0 Å². The molecule has 0 amide bonds. The summed E-state index contributed by atoms with van der Waals surface area (Å²) >= 11 is 0. The standard InChI is InChI=1S/C19H25N3O4/c1-13-10-14(21(2)20-13)11-22-7-6-16(15(23)12-22)26-18-5-3-4-17-19(18)25-9-8-24-17/h3-5,10,15-16,23H,6-9,11-12H2,1-2H3/t15-,16-/m1/s1. The predicted octanol–water partition coefficient (Wildman–Crippen LogP) is 1.51. The monoisotopic (exact) mass is 359 g/mol. The first-order chi connectivity index (χ1) is 12.6. The number of rotatable bonds is 4. The van der Waals surface area contributed by atoms with Gasteiger partial charge in [-0.3, -0.25) is 9.58 Å². The normalized spacial score (nSPS) is 23.0. The fraction of sp³-hybridized carbons (Fsp3) is 0.526. The summed E-state index contributed by atoms with van der Waals surface area (Å²) in [6.45, 7) is 5.26. The molecular formula is C19H25N3O4. The summed E-state index contributed by atoms with van der Waals surface area (Å²) in [6.07, 6.45) is -0.0577. The SMILES string of the molecule is Cc1cc(CN2CC[C@@H](Oc3cccc4c3OCCO4)[C@H](O)C2)n(C)n1. The van der Waals surface area contributed by atoms with Crippen LogP contribution in [0.2, 0.25) is 0 Å². The molecule has 1 aromatic carbocycles. The van der Waals surface area contributed by atoms with E-state index in [4.69, 9.17) is 14.2 Å². The Labute approximate surface area is 153 Å². The van der Waals surface area contributed by atoms with Crippen LogP contribution in [0.15, 0.2) is 24.3 Å². The molecule has 1 fully saturated rings. The Hall–Kier alpha value is -2.25. The van der Waals surface area contributed by atoms with Gasteiger partial charge >= 0.3 is 0 Å². The van der Waals surface area contributed by atoms with E-state index in [0.717, 1.165) is 30.9 Å². The highest BCUT2D eigenvalue weighted by Crippen LogP contribution is 2.40. The molecule has 0 aliphatic carbocycles. The molecular weight excluding hydrogens is 334 g/mol. The molecule has 1 aromatic heterocycles. The zero-order valence-corrected chi connectivity index (χ0v) is 15.2. The van der Waals surface area contributed by atoms with Crippen LogP contribution in [0.4, 0.5) is 0 Å². The minimum absolute atomic E-state index is 0.253. The maximum absolute atomic E-state index is 10.6. The molecule has 0 bridgehead atoms. The number of aryl methyl sites for hydroxylation is 2. The van der Waals surface area contributed by atoms with Crippen molar-refractivity contribution in [1.82, 2.24) is 14.7 Å². The van der Waals surface area contributed by atoms with Gasteiger partial charge in [-0.2, -0.15) is 5.10 Å². The quantitative estimate of drug-likeness (QED) is 0.893. The number of benzene rings is 1. The topological polar surface area (TPSA) is 69.0 Å². The van der Waals surface area contributed by atoms with Crippen molar-refractivity contribution in [3.63, 3.8) is 0 Å². The lowest BCUT2D eigenvalue weighted by Gasteiger charge is -2.36. The van der Waals surface area contributed by atoms with E-state index in [0.29, 0.717) is 37.0 Å². The van der Waals surface area contributed by atoms with Gasteiger partial charge in [0, 0.05) is 26.7 Å². The van der Waals surface area contributed by atoms with Crippen molar-refractivity contribution in [2.24, 2.45) is 7.05 Å². The van der Waals surface area contributed by atoms with Crippen LogP contribution in [0, 0.1) is 6.92 Å². The Bertz CT molecular complexity index is 776. The van der Waals surface area contributed by atoms with E-state index in [9.17, 15) is 5.11 Å². The van der Waals surface area contributed by atoms with Crippen LogP contribution in [-0.4, -0.2) is 58.3 Å². The smallest absolute Gasteiger partial charge is 0.203 e. The van der Waals surface area contributed by atoms with Gasteiger partial charge in [-0.15, -0.1) is 0 Å². The average Bonchev–Trinajstić information content (AvgIpc) is 2.94. The molecule has 1 N–H and O–H groups in total. The summed E-state index contributed by atoms with van der Waals surface area (Å²) in [5.41, 5.74) is 2.16. The zero-order chi connectivity index (χ0) is 18.1. The molecule has 4 rings (SSSR count). The molecule has 2 aliphatic heterocycles. The number of fused-ring (bicyclic) bond motifs is 1. The van der Waals surface area contributed by atoms with E-state index < -0.39 is 6.10 Å². The van der Waals surface area contributed by atoms with Gasteiger partial charge in [-0.25, -0.2) is 0 Å². The van der Waals surface area contributed by atoms with Crippen LogP contribution >= 0.6 is 0 Å². The molecule has 26 heavy (non-hydrogen) atoms. The van der Waals surface area contributed by atoms with E-state index >= 15 is 0 Å². The van der Waals surface area contributed by atoms with Crippen molar-refractivity contribution in [1.29, 1.82) is 0 Å². The highest BCUT2D eigenvalue weighted by molar-refractivity contribution is 5.51. The van der Waals surface area contributed by atoms with Gasteiger partial charge in [0.15, 0.2) is 11.5 Å². The number of hydrogen-bond donors (Lipinski definition) is 1. The van der Waals surface area contributed by atoms with Gasteiger partial charge in [0.25, 0.3) is 0 Å². The lowest BCUT2D eigenvalue weighted by molar-refractivity contribution is -0.0295. The average molecular weight is 359 g/mol. The minimum Gasteiger partial charge on any atom is -0.486 e. The molecule has 1 saturated heterocycles. The Kier molecular flexibility index (Phi) is 4.74. The van der Waals surface area contributed by atoms with Crippen molar-refractivity contribution in [3.05, 3.63) is 35.7 Å². The van der Waals surface area contributed by atoms with E-state index in [1.54, 1.807) is 0 Å². The molecule has 3 heterocycles. The number of para-hydroxylation sites is 1. The van der Waals surface area contributed by atoms with E-state index in [2.05, 4.69) is 16.1 Å². The van der Waals surface area contributed by atoms with E-state index in [1.807, 2.05) is 36.9 Å². The van der Waals surface area contributed by atoms with Crippen LogP contribution in [0.25, 0.3) is 0 Å². The molecule has 2 aromatic rings. The number of nitrogens with zero attached hydrogens (tertiary/aromatic N) is 3. The number of aromatic nitrogens is 2. The van der Waals surface area contributed by atoms with Gasteiger partial charge in [0.1, 0.15) is 25.4 Å². The zero-order valence-electron chi connectivity index (χ0n) is 15.2. The summed E-state index contributed by atoms with van der Waals surface area (Å²) in [6, 6.07) is 7.71. The highest BCUT2D eigenvalue weighted by Gasteiger charge is 2.31. The third-order valence-electron chi connectivity index (χ3n) is 4.90. The summed E-state index contributed by atoms with van der Waals surface area (Å²) in [4.78, 5) is 2.24. The number of ether oxygens (including phenoxy) is 3. The first kappa shape index (κ1) is 17.2. The fourth-order valence-corrected chi connectivity index (χ4v) is 3.60. The Morgan fingerprint density at radius 1 is 1.31 bits per heavy atom. The highest BCUT2D eigenvalue weighted by atomic mass is 16.6. The lowest BCUT2D eigenvalue weighted by Crippen LogP contribution is -2.48. The second-order valence-corrected chi connectivity index (χ2v) is 6.93. The Balaban J connectivity index is 1.39. The number of piperidine rings is 1. The Morgan fingerprint density at radius 2 is 2.15 bits per heavy atom. The first-order valence-electron chi connectivity index (χ1n) is 9.05. The van der Waals surface area contributed by atoms with Crippen molar-refractivity contribution in [3.8, 4) is 17.2 Å². The summed E-state index contributed by atoms with van der Waals surface area (Å²) in [5.74, 6) is 1.98. The van der Waals surface area contributed by atoms with Gasteiger partial charge in [-0.05, 0) is 31.5 Å². The maximum Gasteiger partial charge on any atom is 0.203 e. The second kappa shape index (κ2) is 7.17. The number of β-amino-alcohol motifs (C(OH)–C–C–N with tert-alkyl or cyclic N) is 1. The summed E-state index contributed by atoms with van der Waals surface area (Å²) in [5, 5.41) is 15.0. The number of aliphatic hydroxyl groups is 1. The second-order valence-electron chi connectivity index (χ2n) is 6.93. The molecule has 0 saturated carbocycles. The van der Waals surface area contributed by atoms with E-state index in [-0.39, 0.29) is 6.10 Å².